The van der Waals surface area contributed by atoms with Gasteiger partial charge in [-0.05, 0) is 18.1 Å². The zero-order chi connectivity index (χ0) is 16.3. The third-order valence-electron chi connectivity index (χ3n) is 3.78. The first-order valence-corrected chi connectivity index (χ1v) is 6.96. The first kappa shape index (κ1) is 15.7. The van der Waals surface area contributed by atoms with E-state index in [9.17, 15) is 20.0 Å². The molecule has 0 unspecified atom stereocenters. The van der Waals surface area contributed by atoms with Crippen LogP contribution in [0.1, 0.15) is 20.3 Å². The van der Waals surface area contributed by atoms with Crippen molar-refractivity contribution >= 4 is 28.1 Å². The number of benzene rings is 1. The molecule has 116 valence electrons. The summed E-state index contributed by atoms with van der Waals surface area (Å²) in [7, 11) is 0. The van der Waals surface area contributed by atoms with Gasteiger partial charge < -0.3 is 10.4 Å². The van der Waals surface area contributed by atoms with Crippen LogP contribution in [-0.2, 0) is 4.79 Å². The van der Waals surface area contributed by atoms with E-state index in [0.717, 1.165) is 0 Å². The number of nitrogens with one attached hydrogen (secondary N) is 1. The van der Waals surface area contributed by atoms with Crippen LogP contribution >= 0.6 is 0 Å². The van der Waals surface area contributed by atoms with E-state index < -0.39 is 16.9 Å². The maximum atomic E-state index is 11.4. The van der Waals surface area contributed by atoms with Crippen LogP contribution < -0.4 is 5.32 Å². The number of non-ortho nitro benzene ring substituents is 1. The predicted octanol–water partition coefficient (Wildman–Crippen LogP) is 3.05. The monoisotopic (exact) mass is 303 g/mol. The lowest BCUT2D eigenvalue weighted by Crippen LogP contribution is -2.35. The molecule has 0 radical (unpaired) electrons. The van der Waals surface area contributed by atoms with Crippen molar-refractivity contribution in [3.05, 3.63) is 40.7 Å². The molecule has 1 aromatic heterocycles. The highest BCUT2D eigenvalue weighted by Gasteiger charge is 2.24. The van der Waals surface area contributed by atoms with Crippen LogP contribution in [0.2, 0.25) is 0 Å². The summed E-state index contributed by atoms with van der Waals surface area (Å²) in [5.41, 5.74) is 0.500. The summed E-state index contributed by atoms with van der Waals surface area (Å²) in [4.78, 5) is 25.9. The Morgan fingerprint density at radius 1 is 1.41 bits per heavy atom. The van der Waals surface area contributed by atoms with Gasteiger partial charge in [-0.2, -0.15) is 0 Å². The van der Waals surface area contributed by atoms with Gasteiger partial charge in [0.2, 0.25) is 0 Å². The van der Waals surface area contributed by atoms with E-state index in [1.54, 1.807) is 12.1 Å². The van der Waals surface area contributed by atoms with E-state index in [2.05, 4.69) is 10.3 Å². The highest BCUT2D eigenvalue weighted by atomic mass is 16.6. The molecule has 0 fully saturated rings. The molecule has 0 aliphatic heterocycles. The maximum absolute atomic E-state index is 11.4. The summed E-state index contributed by atoms with van der Waals surface area (Å²) >= 11 is 0. The second kappa shape index (κ2) is 6.38. The van der Waals surface area contributed by atoms with E-state index in [4.69, 9.17) is 0 Å². The van der Waals surface area contributed by atoms with Crippen molar-refractivity contribution in [3.8, 4) is 0 Å². The zero-order valence-electron chi connectivity index (χ0n) is 12.3. The molecule has 22 heavy (non-hydrogen) atoms. The quantitative estimate of drug-likeness (QED) is 0.627. The minimum Gasteiger partial charge on any atom is -0.480 e. The number of aromatic nitrogens is 1. The molecule has 0 saturated heterocycles. The van der Waals surface area contributed by atoms with Gasteiger partial charge >= 0.3 is 5.97 Å². The number of carboxylic acids is 1. The zero-order valence-corrected chi connectivity index (χ0v) is 12.3. The van der Waals surface area contributed by atoms with Gasteiger partial charge in [0, 0.05) is 29.5 Å². The summed E-state index contributed by atoms with van der Waals surface area (Å²) in [6.45, 7) is 3.76. The van der Waals surface area contributed by atoms with Gasteiger partial charge in [-0.1, -0.05) is 20.3 Å². The summed E-state index contributed by atoms with van der Waals surface area (Å²) < 4.78 is 0. The van der Waals surface area contributed by atoms with Crippen molar-refractivity contribution in [1.29, 1.82) is 0 Å². The van der Waals surface area contributed by atoms with Crippen LogP contribution in [0.25, 0.3) is 10.8 Å². The second-order valence-electron chi connectivity index (χ2n) is 5.16. The molecule has 1 aromatic carbocycles. The van der Waals surface area contributed by atoms with E-state index in [1.165, 1.54) is 18.5 Å². The Hall–Kier alpha value is -2.70. The highest BCUT2D eigenvalue weighted by molar-refractivity contribution is 6.00. The number of nitro groups is 1. The second-order valence-corrected chi connectivity index (χ2v) is 5.16. The molecule has 0 spiro atoms. The minimum atomic E-state index is -0.949. The average Bonchev–Trinajstić information content (AvgIpc) is 2.51. The number of aliphatic carboxylic acids is 1. The SMILES string of the molecule is CC[C@H](C)[C@H](Nc1ccc([N+](=O)[O-])c2cnccc12)C(=O)O. The van der Waals surface area contributed by atoms with Crippen molar-refractivity contribution in [3.63, 3.8) is 0 Å². The number of hydrogen-bond donors (Lipinski definition) is 2. The summed E-state index contributed by atoms with van der Waals surface area (Å²) in [5, 5.41) is 24.4. The maximum Gasteiger partial charge on any atom is 0.326 e. The van der Waals surface area contributed by atoms with Gasteiger partial charge in [-0.3, -0.25) is 15.1 Å². The molecular weight excluding hydrogens is 286 g/mol. The molecule has 2 rings (SSSR count). The Balaban J connectivity index is 2.50. The molecule has 0 aliphatic rings. The standard InChI is InChI=1S/C15H17N3O4/c1-3-9(2)14(15(19)20)17-12-4-5-13(18(21)22)11-8-16-7-6-10(11)12/h4-9,14,17H,3H2,1-2H3,(H,19,20)/t9-,14-/m0/s1. The Morgan fingerprint density at radius 2 is 2.14 bits per heavy atom. The number of anilines is 1. The fourth-order valence-electron chi connectivity index (χ4n) is 2.31. The summed E-state index contributed by atoms with van der Waals surface area (Å²) in [6.07, 6.45) is 3.64. The molecular formula is C15H17N3O4. The third-order valence-corrected chi connectivity index (χ3v) is 3.78. The molecule has 0 aliphatic carbocycles. The largest absolute Gasteiger partial charge is 0.480 e. The molecule has 1 heterocycles. The van der Waals surface area contributed by atoms with E-state index in [0.29, 0.717) is 22.9 Å². The number of nitrogens with zero attached hydrogens (tertiary/aromatic N) is 2. The fraction of sp³-hybridized carbons (Fsp3) is 0.333. The lowest BCUT2D eigenvalue weighted by molar-refractivity contribution is -0.383. The number of fused-ring (bicyclic) bond motifs is 1. The van der Waals surface area contributed by atoms with E-state index in [1.807, 2.05) is 13.8 Å². The lowest BCUT2D eigenvalue weighted by atomic mass is 9.98. The molecule has 2 N–H and O–H groups in total. The molecule has 0 amide bonds. The number of nitro benzene ring substituents is 1. The molecule has 7 heteroatoms. The van der Waals surface area contributed by atoms with Gasteiger partial charge in [0.1, 0.15) is 6.04 Å². The summed E-state index contributed by atoms with van der Waals surface area (Å²) in [5.74, 6) is -1.03. The molecule has 0 bridgehead atoms. The Bertz CT molecular complexity index is 717. The molecule has 2 atom stereocenters. The molecule has 2 aromatic rings. The lowest BCUT2D eigenvalue weighted by Gasteiger charge is -2.22. The van der Waals surface area contributed by atoms with Crippen molar-refractivity contribution < 1.29 is 14.8 Å². The van der Waals surface area contributed by atoms with E-state index in [-0.39, 0.29) is 11.6 Å². The summed E-state index contributed by atoms with van der Waals surface area (Å²) in [6, 6.07) is 3.78. The van der Waals surface area contributed by atoms with Crippen molar-refractivity contribution in [1.82, 2.24) is 4.98 Å². The first-order chi connectivity index (χ1) is 10.5. The van der Waals surface area contributed by atoms with Crippen molar-refractivity contribution in [2.24, 2.45) is 5.92 Å². The normalized spacial score (nSPS) is 13.5. The minimum absolute atomic E-state index is 0.0518. The molecule has 0 saturated carbocycles. The third kappa shape index (κ3) is 2.98. The average molecular weight is 303 g/mol. The first-order valence-electron chi connectivity index (χ1n) is 6.96. The number of rotatable bonds is 6. The van der Waals surface area contributed by atoms with Crippen LogP contribution in [0.15, 0.2) is 30.6 Å². The van der Waals surface area contributed by atoms with Crippen LogP contribution in [0.5, 0.6) is 0 Å². The van der Waals surface area contributed by atoms with Crippen LogP contribution in [0, 0.1) is 16.0 Å². The predicted molar refractivity (Wildman–Crippen MR) is 82.9 cm³/mol. The van der Waals surface area contributed by atoms with E-state index >= 15 is 0 Å². The number of carbonyl (C=O) groups is 1. The van der Waals surface area contributed by atoms with Crippen LogP contribution in [-0.4, -0.2) is 27.0 Å². The van der Waals surface area contributed by atoms with Gasteiger partial charge in [-0.15, -0.1) is 0 Å². The van der Waals surface area contributed by atoms with Gasteiger partial charge in [0.15, 0.2) is 0 Å². The molecule has 7 nitrogen and oxygen atoms in total. The van der Waals surface area contributed by atoms with Gasteiger partial charge in [0.25, 0.3) is 5.69 Å². The fourth-order valence-corrected chi connectivity index (χ4v) is 2.31. The van der Waals surface area contributed by atoms with Crippen molar-refractivity contribution in [2.45, 2.75) is 26.3 Å². The number of pyridine rings is 1. The van der Waals surface area contributed by atoms with Crippen molar-refractivity contribution in [2.75, 3.05) is 5.32 Å². The van der Waals surface area contributed by atoms with Crippen LogP contribution in [0.4, 0.5) is 11.4 Å². The Kier molecular flexibility index (Phi) is 4.55. The number of carboxylic acid groups (broad SMARTS) is 1. The Morgan fingerprint density at radius 3 is 2.73 bits per heavy atom. The smallest absolute Gasteiger partial charge is 0.326 e. The van der Waals surface area contributed by atoms with Gasteiger partial charge in [-0.25, -0.2) is 4.79 Å². The van der Waals surface area contributed by atoms with Crippen LogP contribution in [0.3, 0.4) is 0 Å². The van der Waals surface area contributed by atoms with Gasteiger partial charge in [0.05, 0.1) is 10.3 Å². The number of hydrogen-bond acceptors (Lipinski definition) is 5. The highest BCUT2D eigenvalue weighted by Crippen LogP contribution is 2.31. The topological polar surface area (TPSA) is 105 Å². The Labute approximate surface area is 127 Å².